The Bertz CT molecular complexity index is 818. The molecule has 0 spiro atoms. The van der Waals surface area contributed by atoms with Gasteiger partial charge in [-0.25, -0.2) is 0 Å². The Hall–Kier alpha value is -2.65. The first-order valence-electron chi connectivity index (χ1n) is 9.38. The third-order valence-electron chi connectivity index (χ3n) is 3.90. The smallest absolute Gasteiger partial charge is 0.230 e. The van der Waals surface area contributed by atoms with Crippen LogP contribution in [0.15, 0.2) is 42.5 Å². The zero-order valence-corrected chi connectivity index (χ0v) is 17.2. The molecule has 0 aliphatic heterocycles. The lowest BCUT2D eigenvalue weighted by atomic mass is 10.1. The van der Waals surface area contributed by atoms with Gasteiger partial charge in [0, 0.05) is 12.3 Å². The largest absolute Gasteiger partial charge is 0.490 e. The summed E-state index contributed by atoms with van der Waals surface area (Å²) in [5.41, 5.74) is 2.78. The van der Waals surface area contributed by atoms with E-state index in [0.717, 1.165) is 29.0 Å². The molecule has 2 aromatic carbocycles. The van der Waals surface area contributed by atoms with Crippen molar-refractivity contribution in [2.75, 3.05) is 25.5 Å². The van der Waals surface area contributed by atoms with Crippen molar-refractivity contribution in [3.63, 3.8) is 0 Å². The van der Waals surface area contributed by atoms with Crippen LogP contribution >= 0.6 is 11.8 Å². The van der Waals surface area contributed by atoms with Crippen LogP contribution in [-0.2, 0) is 17.0 Å². The van der Waals surface area contributed by atoms with Crippen molar-refractivity contribution in [1.29, 1.82) is 5.26 Å². The molecule has 0 heterocycles. The van der Waals surface area contributed by atoms with Gasteiger partial charge in [-0.3, -0.25) is 4.79 Å². The number of thioether (sulfide) groups is 1. The molecule has 0 aliphatic carbocycles. The van der Waals surface area contributed by atoms with Crippen molar-refractivity contribution in [3.8, 4) is 17.6 Å². The summed E-state index contributed by atoms with van der Waals surface area (Å²) in [6.45, 7) is 5.62. The minimum atomic E-state index is 0.0115. The van der Waals surface area contributed by atoms with E-state index in [-0.39, 0.29) is 5.91 Å². The van der Waals surface area contributed by atoms with Crippen LogP contribution in [0.5, 0.6) is 11.5 Å². The fourth-order valence-electron chi connectivity index (χ4n) is 2.64. The second kappa shape index (κ2) is 11.9. The Labute approximate surface area is 171 Å². The number of hydrogen-bond donors (Lipinski definition) is 1. The summed E-state index contributed by atoms with van der Waals surface area (Å²) in [6.07, 6.45) is 0.729. The molecule has 2 aromatic rings. The highest BCUT2D eigenvalue weighted by Gasteiger charge is 2.07. The predicted octanol–water partition coefficient (Wildman–Crippen LogP) is 3.95. The molecule has 0 radical (unpaired) electrons. The Balaban J connectivity index is 1.74. The van der Waals surface area contributed by atoms with Gasteiger partial charge in [-0.15, -0.1) is 11.8 Å². The van der Waals surface area contributed by atoms with Crippen LogP contribution in [0.4, 0.5) is 0 Å². The molecule has 0 bridgehead atoms. The number of amides is 1. The van der Waals surface area contributed by atoms with Crippen molar-refractivity contribution >= 4 is 17.7 Å². The number of carbonyl (C=O) groups excluding carboxylic acids is 1. The van der Waals surface area contributed by atoms with Gasteiger partial charge in [-0.1, -0.05) is 18.2 Å². The molecule has 2 rings (SSSR count). The molecule has 148 valence electrons. The summed E-state index contributed by atoms with van der Waals surface area (Å²) in [5.74, 6) is 2.60. The van der Waals surface area contributed by atoms with Crippen LogP contribution in [0, 0.1) is 11.3 Å². The molecular formula is C22H26N2O3S. The fourth-order valence-corrected chi connectivity index (χ4v) is 3.45. The van der Waals surface area contributed by atoms with E-state index in [1.807, 2.05) is 50.2 Å². The summed E-state index contributed by atoms with van der Waals surface area (Å²) < 4.78 is 11.2. The van der Waals surface area contributed by atoms with Gasteiger partial charge in [0.1, 0.15) is 0 Å². The number of benzene rings is 2. The van der Waals surface area contributed by atoms with E-state index in [1.54, 1.807) is 6.07 Å². The van der Waals surface area contributed by atoms with Gasteiger partial charge in [-0.05, 0) is 55.7 Å². The average Bonchev–Trinajstić information content (AvgIpc) is 2.70. The van der Waals surface area contributed by atoms with Crippen molar-refractivity contribution in [2.24, 2.45) is 0 Å². The number of nitrogens with one attached hydrogen (secondary N) is 1. The summed E-state index contributed by atoms with van der Waals surface area (Å²) in [6, 6.07) is 15.5. The van der Waals surface area contributed by atoms with Gasteiger partial charge >= 0.3 is 0 Å². The first kappa shape index (κ1) is 21.6. The summed E-state index contributed by atoms with van der Waals surface area (Å²) in [7, 11) is 0. The van der Waals surface area contributed by atoms with E-state index in [4.69, 9.17) is 14.7 Å². The molecule has 0 unspecified atom stereocenters. The molecule has 1 amide bonds. The highest BCUT2D eigenvalue weighted by Crippen LogP contribution is 2.28. The third kappa shape index (κ3) is 7.16. The normalized spacial score (nSPS) is 10.2. The molecule has 0 saturated carbocycles. The fraction of sp³-hybridized carbons (Fsp3) is 0.364. The highest BCUT2D eigenvalue weighted by molar-refractivity contribution is 7.99. The zero-order valence-electron chi connectivity index (χ0n) is 16.4. The first-order valence-corrected chi connectivity index (χ1v) is 10.5. The quantitative estimate of drug-likeness (QED) is 0.621. The molecule has 6 heteroatoms. The lowest BCUT2D eigenvalue weighted by Crippen LogP contribution is -2.27. The second-order valence-corrected chi connectivity index (χ2v) is 7.04. The number of rotatable bonds is 11. The first-order chi connectivity index (χ1) is 13.7. The van der Waals surface area contributed by atoms with Crippen molar-refractivity contribution in [2.45, 2.75) is 26.0 Å². The maximum Gasteiger partial charge on any atom is 0.230 e. The molecule has 28 heavy (non-hydrogen) atoms. The summed E-state index contributed by atoms with van der Waals surface area (Å²) in [4.78, 5) is 12.0. The van der Waals surface area contributed by atoms with Crippen LogP contribution in [0.2, 0.25) is 0 Å². The summed E-state index contributed by atoms with van der Waals surface area (Å²) >= 11 is 1.54. The molecule has 0 fully saturated rings. The number of nitrogens with zero attached hydrogens (tertiary/aromatic N) is 1. The minimum absolute atomic E-state index is 0.0115. The van der Waals surface area contributed by atoms with Crippen molar-refractivity contribution in [3.05, 3.63) is 59.2 Å². The Morgan fingerprint density at radius 2 is 1.86 bits per heavy atom. The number of hydrogen-bond acceptors (Lipinski definition) is 5. The zero-order chi connectivity index (χ0) is 20.2. The molecule has 0 saturated heterocycles. The van der Waals surface area contributed by atoms with Gasteiger partial charge in [0.15, 0.2) is 11.5 Å². The van der Waals surface area contributed by atoms with Gasteiger partial charge in [0.2, 0.25) is 5.91 Å². The van der Waals surface area contributed by atoms with E-state index >= 15 is 0 Å². The van der Waals surface area contributed by atoms with Crippen LogP contribution in [0.25, 0.3) is 0 Å². The highest BCUT2D eigenvalue weighted by atomic mass is 32.2. The molecule has 0 aliphatic rings. The van der Waals surface area contributed by atoms with Gasteiger partial charge in [0.25, 0.3) is 0 Å². The average molecular weight is 399 g/mol. The molecule has 1 N–H and O–H groups in total. The van der Waals surface area contributed by atoms with Crippen LogP contribution in [0.3, 0.4) is 0 Å². The molecular weight excluding hydrogens is 372 g/mol. The van der Waals surface area contributed by atoms with Crippen LogP contribution in [-0.4, -0.2) is 31.4 Å². The SMILES string of the molecule is CCOc1ccc(CCNC(=O)CSCc2cccc(C#N)c2)cc1OCC. The number of nitriles is 1. The standard InChI is InChI=1S/C22H26N2O3S/c1-3-26-20-9-8-17(13-21(20)27-4-2)10-11-24-22(25)16-28-15-19-7-5-6-18(12-19)14-23/h5-9,12-13H,3-4,10-11,15-16H2,1-2H3,(H,24,25). The Kier molecular flexibility index (Phi) is 9.23. The molecule has 0 atom stereocenters. The molecule has 0 aromatic heterocycles. The van der Waals surface area contributed by atoms with Crippen LogP contribution in [0.1, 0.15) is 30.5 Å². The minimum Gasteiger partial charge on any atom is -0.490 e. The summed E-state index contributed by atoms with van der Waals surface area (Å²) in [5, 5.41) is 11.9. The number of ether oxygens (including phenoxy) is 2. The van der Waals surface area contributed by atoms with Crippen molar-refractivity contribution < 1.29 is 14.3 Å². The monoisotopic (exact) mass is 398 g/mol. The van der Waals surface area contributed by atoms with E-state index in [1.165, 1.54) is 11.8 Å². The second-order valence-electron chi connectivity index (χ2n) is 6.05. The van der Waals surface area contributed by atoms with E-state index < -0.39 is 0 Å². The van der Waals surface area contributed by atoms with E-state index in [0.29, 0.717) is 36.8 Å². The Morgan fingerprint density at radius 1 is 1.07 bits per heavy atom. The predicted molar refractivity (Wildman–Crippen MR) is 113 cm³/mol. The van der Waals surface area contributed by atoms with Crippen LogP contribution < -0.4 is 14.8 Å². The number of carbonyl (C=O) groups is 1. The third-order valence-corrected chi connectivity index (χ3v) is 4.91. The van der Waals surface area contributed by atoms with Gasteiger partial charge in [-0.2, -0.15) is 5.26 Å². The molecule has 5 nitrogen and oxygen atoms in total. The Morgan fingerprint density at radius 3 is 2.61 bits per heavy atom. The van der Waals surface area contributed by atoms with Gasteiger partial charge in [0.05, 0.1) is 30.6 Å². The van der Waals surface area contributed by atoms with E-state index in [2.05, 4.69) is 11.4 Å². The maximum absolute atomic E-state index is 12.0. The van der Waals surface area contributed by atoms with Gasteiger partial charge < -0.3 is 14.8 Å². The maximum atomic E-state index is 12.0. The van der Waals surface area contributed by atoms with E-state index in [9.17, 15) is 4.79 Å². The lowest BCUT2D eigenvalue weighted by molar-refractivity contribution is -0.118. The van der Waals surface area contributed by atoms with Crippen molar-refractivity contribution in [1.82, 2.24) is 5.32 Å². The topological polar surface area (TPSA) is 71.3 Å². The lowest BCUT2D eigenvalue weighted by Gasteiger charge is -2.12.